The summed E-state index contributed by atoms with van der Waals surface area (Å²) in [7, 11) is 0. The fourth-order valence-electron chi connectivity index (χ4n) is 2.51. The van der Waals surface area contributed by atoms with Crippen molar-refractivity contribution in [2.45, 2.75) is 24.5 Å². The van der Waals surface area contributed by atoms with E-state index >= 15 is 0 Å². The van der Waals surface area contributed by atoms with Crippen molar-refractivity contribution in [3.8, 4) is 0 Å². The molecule has 0 radical (unpaired) electrons. The molecule has 1 aromatic carbocycles. The highest BCUT2D eigenvalue weighted by atomic mass is 16.3. The quantitative estimate of drug-likeness (QED) is 0.757. The number of fused-ring (bicyclic) bond motifs is 1. The molecule has 1 saturated carbocycles. The maximum absolute atomic E-state index is 10.4. The van der Waals surface area contributed by atoms with Gasteiger partial charge in [-0.1, -0.05) is 24.3 Å². The number of hydrogen-bond acceptors (Lipinski definition) is 3. The normalized spacial score (nSPS) is 29.0. The molecule has 0 saturated heterocycles. The fourth-order valence-corrected chi connectivity index (χ4v) is 2.51. The van der Waals surface area contributed by atoms with Gasteiger partial charge in [-0.15, -0.1) is 0 Å². The summed E-state index contributed by atoms with van der Waals surface area (Å²) in [4.78, 5) is 4.35. The molecule has 2 aromatic rings. The molecule has 16 heavy (non-hydrogen) atoms. The van der Waals surface area contributed by atoms with Crippen LogP contribution < -0.4 is 5.73 Å². The highest BCUT2D eigenvalue weighted by molar-refractivity contribution is 5.82. The van der Waals surface area contributed by atoms with Crippen LogP contribution in [0.3, 0.4) is 0 Å². The predicted molar refractivity (Wildman–Crippen MR) is 62.8 cm³/mol. The van der Waals surface area contributed by atoms with Gasteiger partial charge in [0.1, 0.15) is 0 Å². The van der Waals surface area contributed by atoms with E-state index in [1.54, 1.807) is 6.20 Å². The molecule has 1 aromatic heterocycles. The maximum Gasteiger partial charge on any atom is 0.0947 e. The minimum Gasteiger partial charge on any atom is -0.385 e. The van der Waals surface area contributed by atoms with Gasteiger partial charge in [0.25, 0.3) is 0 Å². The first kappa shape index (κ1) is 9.75. The average molecular weight is 214 g/mol. The van der Waals surface area contributed by atoms with Crippen molar-refractivity contribution >= 4 is 10.9 Å². The summed E-state index contributed by atoms with van der Waals surface area (Å²) in [5, 5.41) is 11.5. The molecule has 0 bridgehead atoms. The highest BCUT2D eigenvalue weighted by Crippen LogP contribution is 2.42. The Balaban J connectivity index is 2.17. The van der Waals surface area contributed by atoms with E-state index in [1.807, 2.05) is 30.3 Å². The van der Waals surface area contributed by atoms with Crippen LogP contribution in [0.4, 0.5) is 0 Å². The van der Waals surface area contributed by atoms with E-state index in [9.17, 15) is 5.11 Å². The number of aromatic nitrogens is 1. The SMILES string of the molecule is NC1CC(O)(c2cccc3cccnc23)C1. The molecule has 0 atom stereocenters. The lowest BCUT2D eigenvalue weighted by molar-refractivity contribution is -0.0511. The molecular formula is C13H14N2O. The van der Waals surface area contributed by atoms with Crippen LogP contribution in [0.5, 0.6) is 0 Å². The van der Waals surface area contributed by atoms with E-state index in [0.29, 0.717) is 12.8 Å². The number of nitrogens with zero attached hydrogens (tertiary/aromatic N) is 1. The zero-order valence-corrected chi connectivity index (χ0v) is 8.93. The lowest BCUT2D eigenvalue weighted by atomic mass is 9.71. The van der Waals surface area contributed by atoms with Gasteiger partial charge in [0.05, 0.1) is 11.1 Å². The van der Waals surface area contributed by atoms with E-state index in [0.717, 1.165) is 16.5 Å². The molecule has 0 aliphatic heterocycles. The first-order valence-electron chi connectivity index (χ1n) is 5.51. The molecule has 3 heteroatoms. The molecule has 1 aliphatic carbocycles. The van der Waals surface area contributed by atoms with E-state index in [1.165, 1.54) is 0 Å². The molecule has 0 spiro atoms. The van der Waals surface area contributed by atoms with Crippen molar-refractivity contribution in [3.05, 3.63) is 42.1 Å². The van der Waals surface area contributed by atoms with Gasteiger partial charge in [0.2, 0.25) is 0 Å². The molecule has 1 aliphatic rings. The Labute approximate surface area is 93.9 Å². The van der Waals surface area contributed by atoms with Gasteiger partial charge >= 0.3 is 0 Å². The summed E-state index contributed by atoms with van der Waals surface area (Å²) in [5.74, 6) is 0. The van der Waals surface area contributed by atoms with Crippen LogP contribution in [0, 0.1) is 0 Å². The molecule has 0 amide bonds. The van der Waals surface area contributed by atoms with Gasteiger partial charge in [-0.2, -0.15) is 0 Å². The average Bonchev–Trinajstić information content (AvgIpc) is 2.26. The highest BCUT2D eigenvalue weighted by Gasteiger charge is 2.43. The Morgan fingerprint density at radius 3 is 2.75 bits per heavy atom. The Morgan fingerprint density at radius 1 is 1.25 bits per heavy atom. The summed E-state index contributed by atoms with van der Waals surface area (Å²) in [6, 6.07) is 9.94. The van der Waals surface area contributed by atoms with Crippen molar-refractivity contribution in [3.63, 3.8) is 0 Å². The molecule has 0 unspecified atom stereocenters. The molecule has 82 valence electrons. The van der Waals surface area contributed by atoms with E-state index in [2.05, 4.69) is 4.98 Å². The Hall–Kier alpha value is -1.45. The number of benzene rings is 1. The Bertz CT molecular complexity index is 527. The summed E-state index contributed by atoms with van der Waals surface area (Å²) < 4.78 is 0. The van der Waals surface area contributed by atoms with E-state index < -0.39 is 5.60 Å². The number of hydrogen-bond donors (Lipinski definition) is 2. The smallest absolute Gasteiger partial charge is 0.0947 e. The maximum atomic E-state index is 10.4. The van der Waals surface area contributed by atoms with Gasteiger partial charge in [-0.3, -0.25) is 4.98 Å². The van der Waals surface area contributed by atoms with Crippen molar-refractivity contribution in [1.29, 1.82) is 0 Å². The molecule has 1 heterocycles. The number of para-hydroxylation sites is 1. The third kappa shape index (κ3) is 1.32. The standard InChI is InChI=1S/C13H14N2O/c14-10-7-13(16,8-10)11-5-1-3-9-4-2-6-15-12(9)11/h1-6,10,16H,7-8,14H2. The lowest BCUT2D eigenvalue weighted by Gasteiger charge is -2.42. The van der Waals surface area contributed by atoms with Gasteiger partial charge in [-0.05, 0) is 18.9 Å². The lowest BCUT2D eigenvalue weighted by Crippen LogP contribution is -2.49. The Morgan fingerprint density at radius 2 is 2.00 bits per heavy atom. The van der Waals surface area contributed by atoms with Crippen molar-refractivity contribution in [2.75, 3.05) is 0 Å². The third-order valence-corrected chi connectivity index (χ3v) is 3.33. The molecule has 3 N–H and O–H groups in total. The van der Waals surface area contributed by atoms with Crippen molar-refractivity contribution in [1.82, 2.24) is 4.98 Å². The number of nitrogens with two attached hydrogens (primary N) is 1. The summed E-state index contributed by atoms with van der Waals surface area (Å²) in [6.07, 6.45) is 3.01. The summed E-state index contributed by atoms with van der Waals surface area (Å²) in [6.45, 7) is 0. The second kappa shape index (κ2) is 3.27. The van der Waals surface area contributed by atoms with Gasteiger partial charge in [0.15, 0.2) is 0 Å². The van der Waals surface area contributed by atoms with Gasteiger partial charge in [-0.25, -0.2) is 0 Å². The summed E-state index contributed by atoms with van der Waals surface area (Å²) >= 11 is 0. The molecule has 3 nitrogen and oxygen atoms in total. The van der Waals surface area contributed by atoms with Gasteiger partial charge in [0, 0.05) is 23.2 Å². The van der Waals surface area contributed by atoms with Crippen LogP contribution in [-0.2, 0) is 5.60 Å². The van der Waals surface area contributed by atoms with Crippen LogP contribution in [0.15, 0.2) is 36.5 Å². The first-order chi connectivity index (χ1) is 7.69. The monoisotopic (exact) mass is 214 g/mol. The summed E-state index contributed by atoms with van der Waals surface area (Å²) in [5.41, 5.74) is 6.78. The van der Waals surface area contributed by atoms with Crippen LogP contribution in [0.1, 0.15) is 18.4 Å². The topological polar surface area (TPSA) is 59.1 Å². The van der Waals surface area contributed by atoms with E-state index in [4.69, 9.17) is 5.73 Å². The number of aliphatic hydroxyl groups is 1. The second-order valence-corrected chi connectivity index (χ2v) is 4.58. The number of pyridine rings is 1. The molecular weight excluding hydrogens is 200 g/mol. The predicted octanol–water partition coefficient (Wildman–Crippen LogP) is 1.54. The van der Waals surface area contributed by atoms with E-state index in [-0.39, 0.29) is 6.04 Å². The van der Waals surface area contributed by atoms with Gasteiger partial charge < -0.3 is 10.8 Å². The zero-order valence-electron chi connectivity index (χ0n) is 8.93. The number of rotatable bonds is 1. The van der Waals surface area contributed by atoms with Crippen LogP contribution in [-0.4, -0.2) is 16.1 Å². The third-order valence-electron chi connectivity index (χ3n) is 3.33. The Kier molecular flexibility index (Phi) is 1.99. The molecule has 3 rings (SSSR count). The minimum absolute atomic E-state index is 0.115. The second-order valence-electron chi connectivity index (χ2n) is 4.58. The first-order valence-corrected chi connectivity index (χ1v) is 5.51. The molecule has 1 fully saturated rings. The van der Waals surface area contributed by atoms with Crippen LogP contribution in [0.25, 0.3) is 10.9 Å². The minimum atomic E-state index is -0.771. The van der Waals surface area contributed by atoms with Crippen molar-refractivity contribution in [2.24, 2.45) is 5.73 Å². The van der Waals surface area contributed by atoms with Crippen molar-refractivity contribution < 1.29 is 5.11 Å². The largest absolute Gasteiger partial charge is 0.385 e. The fraction of sp³-hybridized carbons (Fsp3) is 0.308. The van der Waals surface area contributed by atoms with Crippen LogP contribution >= 0.6 is 0 Å². The van der Waals surface area contributed by atoms with Crippen LogP contribution in [0.2, 0.25) is 0 Å². The zero-order chi connectivity index (χ0) is 11.2.